The summed E-state index contributed by atoms with van der Waals surface area (Å²) in [5, 5.41) is 9.25. The molecule has 0 saturated carbocycles. The summed E-state index contributed by atoms with van der Waals surface area (Å²) in [5.74, 6) is -0.421. The lowest BCUT2D eigenvalue weighted by Crippen LogP contribution is -2.26. The first-order valence-electron chi connectivity index (χ1n) is 3.24. The van der Waals surface area contributed by atoms with Crippen LogP contribution in [0.4, 0.5) is 0 Å². The normalized spacial score (nSPS) is 17.8. The van der Waals surface area contributed by atoms with Crippen molar-refractivity contribution in [2.45, 2.75) is 25.4 Å². The van der Waals surface area contributed by atoms with Crippen molar-refractivity contribution in [3.8, 4) is 0 Å². The third kappa shape index (κ3) is 6.28. The molecule has 0 aliphatic heterocycles. The zero-order chi connectivity index (χ0) is 9.12. The largest absolute Gasteiger partial charge is 0.390 e. The fourth-order valence-electron chi connectivity index (χ4n) is 0.474. The summed E-state index contributed by atoms with van der Waals surface area (Å²) in [5.41, 5.74) is -1.10. The average molecular weight is 181 g/mol. The predicted octanol–water partition coefficient (Wildman–Crippen LogP) is 0.239. The zero-order valence-corrected chi connectivity index (χ0v) is 7.26. The molecule has 0 aromatic heterocycles. The van der Waals surface area contributed by atoms with Gasteiger partial charge in [0.1, 0.15) is 0 Å². The van der Waals surface area contributed by atoms with E-state index in [9.17, 15) is 13.5 Å². The molecule has 2 N–H and O–H groups in total. The van der Waals surface area contributed by atoms with Gasteiger partial charge in [0.2, 0.25) is 0 Å². The fraction of sp³-hybridized carbons (Fsp3) is 0.833. The van der Waals surface area contributed by atoms with Crippen LogP contribution in [0.3, 0.4) is 0 Å². The lowest BCUT2D eigenvalue weighted by molar-refractivity contribution is 0.0588. The van der Waals surface area contributed by atoms with Gasteiger partial charge in [0, 0.05) is 0 Å². The van der Waals surface area contributed by atoms with Gasteiger partial charge in [-0.05, 0) is 19.8 Å². The molecule has 1 radical (unpaired) electrons. The second-order valence-corrected chi connectivity index (χ2v) is 4.36. The van der Waals surface area contributed by atoms with Crippen LogP contribution in [0, 0.1) is 6.92 Å². The van der Waals surface area contributed by atoms with Gasteiger partial charge in [-0.1, -0.05) is 6.92 Å². The third-order valence-corrected chi connectivity index (χ3v) is 2.16. The Morgan fingerprint density at radius 3 is 2.27 bits per heavy atom. The molecule has 0 bridgehead atoms. The van der Waals surface area contributed by atoms with Crippen LogP contribution in [0.15, 0.2) is 0 Å². The Balaban J connectivity index is 3.90. The lowest BCUT2D eigenvalue weighted by Gasteiger charge is -2.19. The van der Waals surface area contributed by atoms with E-state index < -0.39 is 21.5 Å². The predicted molar refractivity (Wildman–Crippen MR) is 41.6 cm³/mol. The van der Waals surface area contributed by atoms with Crippen molar-refractivity contribution in [3.63, 3.8) is 0 Å². The monoisotopic (exact) mass is 181 g/mol. The van der Waals surface area contributed by atoms with Gasteiger partial charge in [-0.25, -0.2) is 0 Å². The summed E-state index contributed by atoms with van der Waals surface area (Å²) >= 11 is 0. The molecule has 1 unspecified atom stereocenters. The summed E-state index contributed by atoms with van der Waals surface area (Å²) in [6.07, 6.45) is 0.234. The van der Waals surface area contributed by atoms with Gasteiger partial charge in [0.15, 0.2) is 0 Å². The van der Waals surface area contributed by atoms with Crippen LogP contribution < -0.4 is 0 Å². The second kappa shape index (κ2) is 3.51. The van der Waals surface area contributed by atoms with Crippen LogP contribution in [0.5, 0.6) is 0 Å². The van der Waals surface area contributed by atoms with E-state index >= 15 is 0 Å². The molecule has 0 aromatic carbocycles. The number of hydrogen-bond donors (Lipinski definition) is 2. The summed E-state index contributed by atoms with van der Waals surface area (Å²) in [7, 11) is -3.96. The molecule has 1 atom stereocenters. The quantitative estimate of drug-likeness (QED) is 0.609. The topological polar surface area (TPSA) is 74.6 Å². The Labute approximate surface area is 67.0 Å². The van der Waals surface area contributed by atoms with Crippen molar-refractivity contribution in [1.82, 2.24) is 0 Å². The maximum atomic E-state index is 10.2. The first-order chi connectivity index (χ1) is 4.77. The van der Waals surface area contributed by atoms with Crippen molar-refractivity contribution >= 4 is 10.1 Å². The van der Waals surface area contributed by atoms with E-state index in [4.69, 9.17) is 4.55 Å². The zero-order valence-electron chi connectivity index (χ0n) is 6.45. The smallest absolute Gasteiger partial charge is 0.264 e. The Hall–Kier alpha value is -0.130. The Morgan fingerprint density at radius 1 is 1.55 bits per heavy atom. The minimum atomic E-state index is -3.96. The standard InChI is InChI=1S/C6H13O4S/c1-3-6(2,7)4-5-11(8,9)10/h7H,1,3-5H2,2H3,(H,8,9,10). The molecular weight excluding hydrogens is 168 g/mol. The van der Waals surface area contributed by atoms with Crippen LogP contribution in [-0.2, 0) is 10.1 Å². The molecule has 0 spiro atoms. The van der Waals surface area contributed by atoms with E-state index in [-0.39, 0.29) is 12.8 Å². The summed E-state index contributed by atoms with van der Waals surface area (Å²) in [6.45, 7) is 4.91. The second-order valence-electron chi connectivity index (χ2n) is 2.78. The molecule has 0 aromatic rings. The Kier molecular flexibility index (Phi) is 3.47. The average Bonchev–Trinajstić information content (AvgIpc) is 1.83. The van der Waals surface area contributed by atoms with Gasteiger partial charge < -0.3 is 5.11 Å². The molecule has 11 heavy (non-hydrogen) atoms. The van der Waals surface area contributed by atoms with Gasteiger partial charge in [-0.3, -0.25) is 4.55 Å². The molecule has 0 heterocycles. The fourth-order valence-corrected chi connectivity index (χ4v) is 1.17. The highest BCUT2D eigenvalue weighted by atomic mass is 32.2. The van der Waals surface area contributed by atoms with Crippen molar-refractivity contribution in [1.29, 1.82) is 0 Å². The van der Waals surface area contributed by atoms with Crippen molar-refractivity contribution in [2.24, 2.45) is 0 Å². The van der Waals surface area contributed by atoms with Crippen LogP contribution in [-0.4, -0.2) is 29.4 Å². The maximum absolute atomic E-state index is 10.2. The van der Waals surface area contributed by atoms with E-state index in [1.165, 1.54) is 6.92 Å². The van der Waals surface area contributed by atoms with Gasteiger partial charge in [0.25, 0.3) is 10.1 Å². The maximum Gasteiger partial charge on any atom is 0.264 e. The number of aliphatic hydroxyl groups is 1. The highest BCUT2D eigenvalue weighted by molar-refractivity contribution is 7.85. The summed E-state index contributed by atoms with van der Waals surface area (Å²) in [4.78, 5) is 0. The lowest BCUT2D eigenvalue weighted by atomic mass is 10.0. The number of rotatable bonds is 4. The SMILES string of the molecule is [CH2]CC(C)(O)CCS(=O)(=O)O. The van der Waals surface area contributed by atoms with Crippen LogP contribution in [0.25, 0.3) is 0 Å². The molecule has 0 aliphatic carbocycles. The van der Waals surface area contributed by atoms with E-state index in [1.807, 2.05) is 0 Å². The molecule has 5 heteroatoms. The molecule has 0 rings (SSSR count). The minimum absolute atomic E-state index is 0.00926. The molecular formula is C6H13O4S. The van der Waals surface area contributed by atoms with Crippen molar-refractivity contribution in [2.75, 3.05) is 5.75 Å². The highest BCUT2D eigenvalue weighted by Gasteiger charge is 2.20. The first-order valence-corrected chi connectivity index (χ1v) is 4.84. The summed E-state index contributed by atoms with van der Waals surface area (Å²) < 4.78 is 28.8. The van der Waals surface area contributed by atoms with E-state index in [0.29, 0.717) is 0 Å². The van der Waals surface area contributed by atoms with Gasteiger partial charge in [-0.15, -0.1) is 0 Å². The molecule has 67 valence electrons. The first kappa shape index (κ1) is 10.9. The van der Waals surface area contributed by atoms with Gasteiger partial charge in [-0.2, -0.15) is 8.42 Å². The van der Waals surface area contributed by atoms with Gasteiger partial charge >= 0.3 is 0 Å². The van der Waals surface area contributed by atoms with Crippen LogP contribution in [0.1, 0.15) is 19.8 Å². The molecule has 0 aliphatic rings. The Morgan fingerprint density at radius 2 is 2.00 bits per heavy atom. The van der Waals surface area contributed by atoms with Crippen molar-refractivity contribution in [3.05, 3.63) is 6.92 Å². The highest BCUT2D eigenvalue weighted by Crippen LogP contribution is 2.13. The van der Waals surface area contributed by atoms with E-state index in [0.717, 1.165) is 0 Å². The van der Waals surface area contributed by atoms with E-state index in [1.54, 1.807) is 0 Å². The van der Waals surface area contributed by atoms with Gasteiger partial charge in [0.05, 0.1) is 11.4 Å². The molecule has 0 saturated heterocycles. The van der Waals surface area contributed by atoms with Crippen molar-refractivity contribution < 1.29 is 18.1 Å². The molecule has 0 fully saturated rings. The molecule has 4 nitrogen and oxygen atoms in total. The Bertz CT molecular complexity index is 205. The minimum Gasteiger partial charge on any atom is -0.390 e. The molecule has 0 amide bonds. The number of hydrogen-bond acceptors (Lipinski definition) is 3. The van der Waals surface area contributed by atoms with Crippen LogP contribution >= 0.6 is 0 Å². The third-order valence-electron chi connectivity index (χ3n) is 1.44. The summed E-state index contributed by atoms with van der Waals surface area (Å²) in [6, 6.07) is 0. The van der Waals surface area contributed by atoms with E-state index in [2.05, 4.69) is 6.92 Å². The van der Waals surface area contributed by atoms with Crippen LogP contribution in [0.2, 0.25) is 0 Å².